The number of hydrogen-bond acceptors (Lipinski definition) is 2. The maximum Gasteiger partial charge on any atom is 0.166 e. The fourth-order valence-electron chi connectivity index (χ4n) is 1.32. The summed E-state index contributed by atoms with van der Waals surface area (Å²) in [6.07, 6.45) is 2.87. The number of H-pyrrole nitrogens is 1. The highest BCUT2D eigenvalue weighted by molar-refractivity contribution is 7.98. The largest absolute Gasteiger partial charge is 0.352 e. The van der Waals surface area contributed by atoms with Crippen LogP contribution in [-0.2, 0) is 0 Å². The van der Waals surface area contributed by atoms with Gasteiger partial charge in [-0.1, -0.05) is 0 Å². The second kappa shape index (κ2) is 3.26. The van der Waals surface area contributed by atoms with E-state index in [0.717, 1.165) is 17.2 Å². The number of rotatable bonds is 2. The molecule has 0 saturated heterocycles. The van der Waals surface area contributed by atoms with Crippen molar-refractivity contribution in [3.63, 3.8) is 0 Å². The number of carbonyl (C=O) groups is 1. The van der Waals surface area contributed by atoms with Crippen LogP contribution in [-0.4, -0.2) is 17.5 Å². The molecule has 1 N–H and O–H groups in total. The summed E-state index contributed by atoms with van der Waals surface area (Å²) in [7, 11) is 0. The molecule has 0 amide bonds. The Labute approximate surface area is 80.3 Å². The lowest BCUT2D eigenvalue weighted by Gasteiger charge is -1.94. The van der Waals surface area contributed by atoms with E-state index in [0.29, 0.717) is 5.69 Å². The van der Waals surface area contributed by atoms with Gasteiger partial charge in [0, 0.05) is 15.8 Å². The van der Waals surface area contributed by atoms with Crippen molar-refractivity contribution in [2.45, 2.75) is 4.90 Å². The number of hydrogen-bond donors (Lipinski definition) is 1. The summed E-state index contributed by atoms with van der Waals surface area (Å²) < 4.78 is 0. The molecular weight excluding hydrogens is 182 g/mol. The van der Waals surface area contributed by atoms with Gasteiger partial charge in [-0.15, -0.1) is 11.8 Å². The third kappa shape index (κ3) is 1.47. The van der Waals surface area contributed by atoms with Crippen molar-refractivity contribution < 1.29 is 4.79 Å². The van der Waals surface area contributed by atoms with Crippen LogP contribution in [0.5, 0.6) is 0 Å². The van der Waals surface area contributed by atoms with E-state index in [4.69, 9.17) is 0 Å². The fraction of sp³-hybridized carbons (Fsp3) is 0.100. The highest BCUT2D eigenvalue weighted by atomic mass is 32.2. The smallest absolute Gasteiger partial charge is 0.166 e. The molecule has 2 nitrogen and oxygen atoms in total. The molecule has 0 aliphatic carbocycles. The summed E-state index contributed by atoms with van der Waals surface area (Å²) in [5, 5.41) is 1.09. The van der Waals surface area contributed by atoms with Gasteiger partial charge in [-0.25, -0.2) is 0 Å². The average Bonchev–Trinajstić information content (AvgIpc) is 2.58. The summed E-state index contributed by atoms with van der Waals surface area (Å²) in [6, 6.07) is 7.97. The SMILES string of the molecule is CSc1ccc2[nH]c(C=O)cc2c1. The molecule has 0 bridgehead atoms. The first kappa shape index (κ1) is 8.38. The minimum Gasteiger partial charge on any atom is -0.352 e. The Bertz CT molecular complexity index is 447. The second-order valence-corrected chi connectivity index (χ2v) is 3.68. The highest BCUT2D eigenvalue weighted by Crippen LogP contribution is 2.21. The standard InChI is InChI=1S/C10H9NOS/c1-13-9-2-3-10-7(5-9)4-8(6-12)11-10/h2-6,11H,1H3. The van der Waals surface area contributed by atoms with Crippen LogP contribution in [0.4, 0.5) is 0 Å². The molecule has 0 radical (unpaired) electrons. The molecule has 1 aromatic carbocycles. The molecule has 0 aliphatic rings. The Hall–Kier alpha value is -1.22. The lowest BCUT2D eigenvalue weighted by molar-refractivity contribution is 0.112. The summed E-state index contributed by atoms with van der Waals surface area (Å²) in [5.74, 6) is 0. The maximum atomic E-state index is 10.5. The van der Waals surface area contributed by atoms with Crippen molar-refractivity contribution in [3.05, 3.63) is 30.0 Å². The van der Waals surface area contributed by atoms with Crippen molar-refractivity contribution in [1.82, 2.24) is 4.98 Å². The molecule has 2 aromatic rings. The van der Waals surface area contributed by atoms with Gasteiger partial charge >= 0.3 is 0 Å². The number of aromatic nitrogens is 1. The number of aromatic amines is 1. The zero-order chi connectivity index (χ0) is 9.26. The molecule has 1 heterocycles. The lowest BCUT2D eigenvalue weighted by Crippen LogP contribution is -1.74. The Morgan fingerprint density at radius 3 is 2.92 bits per heavy atom. The molecule has 3 heteroatoms. The second-order valence-electron chi connectivity index (χ2n) is 2.80. The molecule has 0 fully saturated rings. The Morgan fingerprint density at radius 1 is 1.38 bits per heavy atom. The van der Waals surface area contributed by atoms with Gasteiger partial charge in [0.1, 0.15) is 0 Å². The van der Waals surface area contributed by atoms with Crippen molar-refractivity contribution in [2.75, 3.05) is 6.26 Å². The Kier molecular flexibility index (Phi) is 2.10. The lowest BCUT2D eigenvalue weighted by atomic mass is 10.2. The van der Waals surface area contributed by atoms with E-state index in [1.54, 1.807) is 11.8 Å². The number of fused-ring (bicyclic) bond motifs is 1. The molecule has 1 aromatic heterocycles. The predicted octanol–water partition coefficient (Wildman–Crippen LogP) is 2.70. The normalized spacial score (nSPS) is 10.5. The number of carbonyl (C=O) groups excluding carboxylic acids is 1. The number of benzene rings is 1. The van der Waals surface area contributed by atoms with Gasteiger partial charge < -0.3 is 4.98 Å². The van der Waals surface area contributed by atoms with Gasteiger partial charge in [0.2, 0.25) is 0 Å². The van der Waals surface area contributed by atoms with Crippen LogP contribution in [0.1, 0.15) is 10.5 Å². The van der Waals surface area contributed by atoms with Gasteiger partial charge in [-0.05, 0) is 30.5 Å². The van der Waals surface area contributed by atoms with Gasteiger partial charge in [-0.3, -0.25) is 4.79 Å². The Morgan fingerprint density at radius 2 is 2.23 bits per heavy atom. The molecule has 66 valence electrons. The van der Waals surface area contributed by atoms with Gasteiger partial charge in [0.05, 0.1) is 5.69 Å². The first-order chi connectivity index (χ1) is 6.33. The summed E-state index contributed by atoms with van der Waals surface area (Å²) in [4.78, 5) is 14.7. The van der Waals surface area contributed by atoms with Crippen molar-refractivity contribution in [3.8, 4) is 0 Å². The van der Waals surface area contributed by atoms with Crippen molar-refractivity contribution in [1.29, 1.82) is 0 Å². The van der Waals surface area contributed by atoms with Crippen LogP contribution in [0.15, 0.2) is 29.2 Å². The van der Waals surface area contributed by atoms with E-state index in [1.165, 1.54) is 4.90 Å². The molecule has 0 atom stereocenters. The third-order valence-electron chi connectivity index (χ3n) is 1.98. The van der Waals surface area contributed by atoms with E-state index in [1.807, 2.05) is 24.5 Å². The third-order valence-corrected chi connectivity index (χ3v) is 2.70. The van der Waals surface area contributed by atoms with Crippen LogP contribution in [0.3, 0.4) is 0 Å². The minimum atomic E-state index is 0.633. The summed E-state index contributed by atoms with van der Waals surface area (Å²) in [6.45, 7) is 0. The molecule has 0 saturated carbocycles. The topological polar surface area (TPSA) is 32.9 Å². The molecule has 13 heavy (non-hydrogen) atoms. The summed E-state index contributed by atoms with van der Waals surface area (Å²) in [5.41, 5.74) is 1.65. The quantitative estimate of drug-likeness (QED) is 0.584. The van der Waals surface area contributed by atoms with Crippen LogP contribution >= 0.6 is 11.8 Å². The van der Waals surface area contributed by atoms with E-state index < -0.39 is 0 Å². The molecule has 2 rings (SSSR count). The van der Waals surface area contributed by atoms with Crippen molar-refractivity contribution in [2.24, 2.45) is 0 Å². The van der Waals surface area contributed by atoms with Crippen LogP contribution in [0.25, 0.3) is 10.9 Å². The predicted molar refractivity (Wildman–Crippen MR) is 55.5 cm³/mol. The highest BCUT2D eigenvalue weighted by Gasteiger charge is 1.99. The van der Waals surface area contributed by atoms with Gasteiger partial charge in [0.25, 0.3) is 0 Å². The maximum absolute atomic E-state index is 10.5. The minimum absolute atomic E-state index is 0.633. The van der Waals surface area contributed by atoms with E-state index in [2.05, 4.69) is 11.1 Å². The molecule has 0 unspecified atom stereocenters. The first-order valence-electron chi connectivity index (χ1n) is 3.95. The number of aldehydes is 1. The van der Waals surface area contributed by atoms with E-state index >= 15 is 0 Å². The van der Waals surface area contributed by atoms with Crippen LogP contribution in [0.2, 0.25) is 0 Å². The summed E-state index contributed by atoms with van der Waals surface area (Å²) >= 11 is 1.70. The van der Waals surface area contributed by atoms with Crippen molar-refractivity contribution >= 4 is 29.0 Å². The van der Waals surface area contributed by atoms with Crippen LogP contribution < -0.4 is 0 Å². The number of thioether (sulfide) groups is 1. The van der Waals surface area contributed by atoms with E-state index in [9.17, 15) is 4.79 Å². The Balaban J connectivity index is 2.63. The number of nitrogens with one attached hydrogen (secondary N) is 1. The zero-order valence-corrected chi connectivity index (χ0v) is 8.02. The molecule has 0 aliphatic heterocycles. The average molecular weight is 191 g/mol. The molecular formula is C10H9NOS. The van der Waals surface area contributed by atoms with Crippen LogP contribution in [0, 0.1) is 0 Å². The van der Waals surface area contributed by atoms with Gasteiger partial charge in [0.15, 0.2) is 6.29 Å². The monoisotopic (exact) mass is 191 g/mol. The molecule has 0 spiro atoms. The van der Waals surface area contributed by atoms with E-state index in [-0.39, 0.29) is 0 Å². The van der Waals surface area contributed by atoms with Gasteiger partial charge in [-0.2, -0.15) is 0 Å². The first-order valence-corrected chi connectivity index (χ1v) is 5.18. The fourth-order valence-corrected chi connectivity index (χ4v) is 1.77. The zero-order valence-electron chi connectivity index (χ0n) is 7.20.